The quantitative estimate of drug-likeness (QED) is 0.773. The van der Waals surface area contributed by atoms with Crippen LogP contribution in [-0.2, 0) is 13.0 Å². The van der Waals surface area contributed by atoms with Crippen LogP contribution in [0.25, 0.3) is 0 Å². The van der Waals surface area contributed by atoms with Gasteiger partial charge in [-0.25, -0.2) is 0 Å². The number of nitrogens with one attached hydrogen (secondary N) is 1. The molecule has 0 spiro atoms. The minimum absolute atomic E-state index is 0.738. The van der Waals surface area contributed by atoms with Gasteiger partial charge in [0.1, 0.15) is 0 Å². The Balaban J connectivity index is 1.71. The first-order chi connectivity index (χ1) is 9.13. The zero-order valence-electron chi connectivity index (χ0n) is 12.7. The van der Waals surface area contributed by atoms with Crippen LogP contribution in [0.5, 0.6) is 0 Å². The summed E-state index contributed by atoms with van der Waals surface area (Å²) < 4.78 is 0. The molecule has 0 aliphatic heterocycles. The maximum absolute atomic E-state index is 3.56. The molecule has 1 saturated carbocycles. The summed E-state index contributed by atoms with van der Waals surface area (Å²) in [6.07, 6.45) is 3.93. The van der Waals surface area contributed by atoms with Crippen LogP contribution in [0.15, 0.2) is 24.3 Å². The highest BCUT2D eigenvalue weighted by Crippen LogP contribution is 2.18. The summed E-state index contributed by atoms with van der Waals surface area (Å²) in [4.78, 5) is 2.40. The molecule has 19 heavy (non-hydrogen) atoms. The van der Waals surface area contributed by atoms with Gasteiger partial charge in [-0.3, -0.25) is 0 Å². The van der Waals surface area contributed by atoms with Gasteiger partial charge in [0.05, 0.1) is 0 Å². The van der Waals surface area contributed by atoms with Crippen LogP contribution in [0.1, 0.15) is 37.8 Å². The van der Waals surface area contributed by atoms with Gasteiger partial charge < -0.3 is 10.2 Å². The van der Waals surface area contributed by atoms with Gasteiger partial charge in [-0.1, -0.05) is 38.1 Å². The topological polar surface area (TPSA) is 15.3 Å². The molecule has 1 aliphatic carbocycles. The molecular formula is C17H28N2. The van der Waals surface area contributed by atoms with Crippen molar-refractivity contribution in [3.05, 3.63) is 35.4 Å². The molecule has 0 atom stereocenters. The molecule has 2 nitrogen and oxygen atoms in total. The van der Waals surface area contributed by atoms with Crippen molar-refractivity contribution in [3.8, 4) is 0 Å². The Hall–Kier alpha value is -0.860. The molecule has 2 rings (SSSR count). The van der Waals surface area contributed by atoms with E-state index in [-0.39, 0.29) is 0 Å². The molecule has 1 aliphatic rings. The molecule has 0 aromatic heterocycles. The van der Waals surface area contributed by atoms with E-state index in [0.717, 1.165) is 31.6 Å². The number of benzene rings is 1. The van der Waals surface area contributed by atoms with Gasteiger partial charge in [-0.15, -0.1) is 0 Å². The normalized spacial score (nSPS) is 15.4. The Morgan fingerprint density at radius 1 is 1.16 bits per heavy atom. The molecule has 1 fully saturated rings. The Morgan fingerprint density at radius 2 is 1.79 bits per heavy atom. The summed E-state index contributed by atoms with van der Waals surface area (Å²) in [6, 6.07) is 9.95. The van der Waals surface area contributed by atoms with E-state index in [1.54, 1.807) is 0 Å². The largest absolute Gasteiger partial charge is 0.313 e. The lowest BCUT2D eigenvalue weighted by molar-refractivity contribution is 0.324. The van der Waals surface area contributed by atoms with Gasteiger partial charge in [0.2, 0.25) is 0 Å². The SMILES string of the molecule is CC(C)Cc1ccc(CN(C)CCNC2CC2)cc1. The highest BCUT2D eigenvalue weighted by Gasteiger charge is 2.19. The van der Waals surface area contributed by atoms with E-state index in [4.69, 9.17) is 0 Å². The molecule has 1 aromatic rings. The summed E-state index contributed by atoms with van der Waals surface area (Å²) in [5.41, 5.74) is 2.87. The Kier molecular flexibility index (Phi) is 5.41. The summed E-state index contributed by atoms with van der Waals surface area (Å²) >= 11 is 0. The van der Waals surface area contributed by atoms with E-state index in [1.165, 1.54) is 30.4 Å². The van der Waals surface area contributed by atoms with Crippen LogP contribution >= 0.6 is 0 Å². The van der Waals surface area contributed by atoms with Gasteiger partial charge >= 0.3 is 0 Å². The van der Waals surface area contributed by atoms with Crippen LogP contribution in [0.2, 0.25) is 0 Å². The summed E-state index contributed by atoms with van der Waals surface area (Å²) in [5, 5.41) is 3.56. The fourth-order valence-corrected chi connectivity index (χ4v) is 2.39. The number of nitrogens with zero attached hydrogens (tertiary/aromatic N) is 1. The van der Waals surface area contributed by atoms with Crippen LogP contribution in [0.4, 0.5) is 0 Å². The maximum atomic E-state index is 3.56. The molecule has 0 heterocycles. The first kappa shape index (κ1) is 14.5. The van der Waals surface area contributed by atoms with E-state index < -0.39 is 0 Å². The zero-order valence-corrected chi connectivity index (χ0v) is 12.7. The molecule has 2 heteroatoms. The number of hydrogen-bond donors (Lipinski definition) is 1. The molecule has 106 valence electrons. The first-order valence-electron chi connectivity index (χ1n) is 7.63. The van der Waals surface area contributed by atoms with Crippen molar-refractivity contribution in [1.29, 1.82) is 0 Å². The predicted octanol–water partition coefficient (Wildman–Crippen LogP) is 3.07. The summed E-state index contributed by atoms with van der Waals surface area (Å²) in [6.45, 7) is 7.84. The molecule has 1 N–H and O–H groups in total. The van der Waals surface area contributed by atoms with Crippen LogP contribution in [-0.4, -0.2) is 31.1 Å². The maximum Gasteiger partial charge on any atom is 0.0231 e. The smallest absolute Gasteiger partial charge is 0.0231 e. The first-order valence-corrected chi connectivity index (χ1v) is 7.63. The average molecular weight is 260 g/mol. The minimum atomic E-state index is 0.738. The predicted molar refractivity (Wildman–Crippen MR) is 82.3 cm³/mol. The van der Waals surface area contributed by atoms with E-state index in [9.17, 15) is 0 Å². The van der Waals surface area contributed by atoms with Crippen LogP contribution in [0.3, 0.4) is 0 Å². The van der Waals surface area contributed by atoms with Gasteiger partial charge in [0, 0.05) is 25.7 Å². The van der Waals surface area contributed by atoms with Crippen molar-refractivity contribution in [2.24, 2.45) is 5.92 Å². The lowest BCUT2D eigenvalue weighted by atomic mass is 10.0. The molecule has 0 amide bonds. The third-order valence-electron chi connectivity index (χ3n) is 3.62. The highest BCUT2D eigenvalue weighted by atomic mass is 15.1. The monoisotopic (exact) mass is 260 g/mol. The summed E-state index contributed by atoms with van der Waals surface area (Å²) in [5.74, 6) is 0.738. The minimum Gasteiger partial charge on any atom is -0.313 e. The van der Waals surface area contributed by atoms with E-state index >= 15 is 0 Å². The van der Waals surface area contributed by atoms with Gasteiger partial charge in [0.25, 0.3) is 0 Å². The molecule has 0 bridgehead atoms. The number of likely N-dealkylation sites (N-methyl/N-ethyl adjacent to an activating group) is 1. The Labute approximate surface area is 118 Å². The van der Waals surface area contributed by atoms with Gasteiger partial charge in [-0.2, -0.15) is 0 Å². The van der Waals surface area contributed by atoms with Crippen molar-refractivity contribution >= 4 is 0 Å². The second kappa shape index (κ2) is 7.06. The second-order valence-electron chi connectivity index (χ2n) is 6.38. The summed E-state index contributed by atoms with van der Waals surface area (Å²) in [7, 11) is 2.20. The molecule has 0 saturated heterocycles. The van der Waals surface area contributed by atoms with E-state index in [2.05, 4.69) is 55.4 Å². The lowest BCUT2D eigenvalue weighted by Gasteiger charge is -2.17. The van der Waals surface area contributed by atoms with Crippen molar-refractivity contribution in [3.63, 3.8) is 0 Å². The fraction of sp³-hybridized carbons (Fsp3) is 0.647. The third kappa shape index (κ3) is 5.75. The molecule has 0 radical (unpaired) electrons. The van der Waals surface area contributed by atoms with Crippen molar-refractivity contribution in [1.82, 2.24) is 10.2 Å². The van der Waals surface area contributed by atoms with Gasteiger partial charge in [0.15, 0.2) is 0 Å². The molecule has 0 unspecified atom stereocenters. The van der Waals surface area contributed by atoms with Gasteiger partial charge in [-0.05, 0) is 43.4 Å². The molecule has 1 aromatic carbocycles. The van der Waals surface area contributed by atoms with E-state index in [1.807, 2.05) is 0 Å². The second-order valence-corrected chi connectivity index (χ2v) is 6.38. The van der Waals surface area contributed by atoms with Crippen LogP contribution in [0, 0.1) is 5.92 Å². The molecular weight excluding hydrogens is 232 g/mol. The van der Waals surface area contributed by atoms with Crippen molar-refractivity contribution in [2.75, 3.05) is 20.1 Å². The van der Waals surface area contributed by atoms with E-state index in [0.29, 0.717) is 0 Å². The van der Waals surface area contributed by atoms with Crippen molar-refractivity contribution < 1.29 is 0 Å². The zero-order chi connectivity index (χ0) is 13.7. The lowest BCUT2D eigenvalue weighted by Crippen LogP contribution is -2.30. The third-order valence-corrected chi connectivity index (χ3v) is 3.62. The highest BCUT2D eigenvalue weighted by molar-refractivity contribution is 5.22. The Bertz CT molecular complexity index is 365. The average Bonchev–Trinajstić information content (AvgIpc) is 3.15. The van der Waals surface area contributed by atoms with Crippen molar-refractivity contribution in [2.45, 2.75) is 45.7 Å². The number of rotatable bonds is 8. The Morgan fingerprint density at radius 3 is 2.37 bits per heavy atom. The standard InChI is InChI=1S/C17H28N2/c1-14(2)12-15-4-6-16(7-5-15)13-19(3)11-10-18-17-8-9-17/h4-7,14,17-18H,8-13H2,1-3H3. The fourth-order valence-electron chi connectivity index (χ4n) is 2.39. The number of hydrogen-bond acceptors (Lipinski definition) is 2. The van der Waals surface area contributed by atoms with Crippen LogP contribution < -0.4 is 5.32 Å².